The van der Waals surface area contributed by atoms with E-state index < -0.39 is 5.60 Å². The Morgan fingerprint density at radius 2 is 1.95 bits per heavy atom. The van der Waals surface area contributed by atoms with E-state index in [9.17, 15) is 14.3 Å². The van der Waals surface area contributed by atoms with Gasteiger partial charge >= 0.3 is 6.09 Å². The van der Waals surface area contributed by atoms with Crippen molar-refractivity contribution in [2.45, 2.75) is 45.1 Å². The lowest BCUT2D eigenvalue weighted by atomic mass is 9.88. The molecule has 1 heterocycles. The third-order valence-corrected chi connectivity index (χ3v) is 3.58. The van der Waals surface area contributed by atoms with Gasteiger partial charge in [0.25, 0.3) is 0 Å². The zero-order valence-corrected chi connectivity index (χ0v) is 12.7. The van der Waals surface area contributed by atoms with E-state index in [-0.39, 0.29) is 23.6 Å². The molecule has 5 heteroatoms. The minimum absolute atomic E-state index is 0.00859. The van der Waals surface area contributed by atoms with Crippen molar-refractivity contribution >= 4 is 6.09 Å². The molecule has 1 amide bonds. The van der Waals surface area contributed by atoms with E-state index in [0.717, 1.165) is 0 Å². The van der Waals surface area contributed by atoms with Crippen molar-refractivity contribution in [2.24, 2.45) is 0 Å². The number of benzene rings is 1. The molecular formula is C16H22FNO3. The molecule has 21 heavy (non-hydrogen) atoms. The van der Waals surface area contributed by atoms with Crippen LogP contribution in [0.25, 0.3) is 0 Å². The molecule has 1 saturated heterocycles. The number of hydrogen-bond acceptors (Lipinski definition) is 3. The van der Waals surface area contributed by atoms with Gasteiger partial charge in [0.05, 0.1) is 0 Å². The fraction of sp³-hybridized carbons (Fsp3) is 0.562. The minimum Gasteiger partial charge on any atom is -0.508 e. The maximum absolute atomic E-state index is 13.8. The summed E-state index contributed by atoms with van der Waals surface area (Å²) in [6.07, 6.45) is 0.903. The molecule has 0 unspecified atom stereocenters. The Morgan fingerprint density at radius 1 is 1.33 bits per heavy atom. The summed E-state index contributed by atoms with van der Waals surface area (Å²) in [6.45, 7) is 6.50. The van der Waals surface area contributed by atoms with Crippen molar-refractivity contribution in [3.05, 3.63) is 29.6 Å². The van der Waals surface area contributed by atoms with Gasteiger partial charge in [-0.3, -0.25) is 0 Å². The molecule has 1 aliphatic heterocycles. The van der Waals surface area contributed by atoms with Crippen LogP contribution in [-0.2, 0) is 4.74 Å². The van der Waals surface area contributed by atoms with E-state index in [1.165, 1.54) is 18.2 Å². The van der Waals surface area contributed by atoms with Gasteiger partial charge in [-0.15, -0.1) is 0 Å². The van der Waals surface area contributed by atoms with Crippen LogP contribution in [0.3, 0.4) is 0 Å². The highest BCUT2D eigenvalue weighted by Crippen LogP contribution is 2.35. The van der Waals surface area contributed by atoms with E-state index in [1.807, 2.05) is 20.8 Å². The van der Waals surface area contributed by atoms with Gasteiger partial charge in [0.15, 0.2) is 0 Å². The smallest absolute Gasteiger partial charge is 0.410 e. The molecule has 2 rings (SSSR count). The molecule has 0 saturated carbocycles. The summed E-state index contributed by atoms with van der Waals surface area (Å²) in [5.41, 5.74) is -0.154. The van der Waals surface area contributed by atoms with Crippen molar-refractivity contribution in [3.8, 4) is 5.75 Å². The topological polar surface area (TPSA) is 49.8 Å². The van der Waals surface area contributed by atoms with Gasteiger partial charge in [-0.25, -0.2) is 9.18 Å². The number of amides is 1. The van der Waals surface area contributed by atoms with E-state index in [4.69, 9.17) is 4.74 Å². The average molecular weight is 295 g/mol. The fourth-order valence-electron chi connectivity index (χ4n) is 2.61. The van der Waals surface area contributed by atoms with Crippen LogP contribution in [0.2, 0.25) is 0 Å². The molecule has 0 atom stereocenters. The molecule has 1 N–H and O–H groups in total. The Balaban J connectivity index is 1.99. The van der Waals surface area contributed by atoms with Crippen LogP contribution in [0, 0.1) is 5.82 Å². The number of piperidine rings is 1. The van der Waals surface area contributed by atoms with Crippen molar-refractivity contribution in [2.75, 3.05) is 13.1 Å². The zero-order chi connectivity index (χ0) is 15.6. The number of phenolic OH excluding ortho intramolecular Hbond substituents is 1. The molecular weight excluding hydrogens is 273 g/mol. The summed E-state index contributed by atoms with van der Waals surface area (Å²) < 4.78 is 19.2. The molecule has 4 nitrogen and oxygen atoms in total. The highest BCUT2D eigenvalue weighted by Gasteiger charge is 2.29. The number of phenols is 1. The van der Waals surface area contributed by atoms with E-state index in [1.54, 1.807) is 4.90 Å². The van der Waals surface area contributed by atoms with Gasteiger partial charge in [-0.2, -0.15) is 0 Å². The average Bonchev–Trinajstić information content (AvgIpc) is 2.37. The highest BCUT2D eigenvalue weighted by molar-refractivity contribution is 5.68. The van der Waals surface area contributed by atoms with Crippen LogP contribution < -0.4 is 0 Å². The maximum atomic E-state index is 13.8. The van der Waals surface area contributed by atoms with E-state index in [2.05, 4.69) is 0 Å². The summed E-state index contributed by atoms with van der Waals surface area (Å²) in [5, 5.41) is 9.83. The molecule has 0 aromatic heterocycles. The monoisotopic (exact) mass is 295 g/mol. The van der Waals surface area contributed by atoms with Crippen molar-refractivity contribution in [3.63, 3.8) is 0 Å². The third-order valence-electron chi connectivity index (χ3n) is 3.58. The summed E-state index contributed by atoms with van der Waals surface area (Å²) in [5.74, 6) is -0.457. The van der Waals surface area contributed by atoms with Crippen LogP contribution in [0.4, 0.5) is 9.18 Å². The second-order valence-electron chi connectivity index (χ2n) is 6.41. The lowest BCUT2D eigenvalue weighted by Gasteiger charge is -2.33. The normalized spacial score (nSPS) is 16.9. The standard InChI is InChI=1S/C16H22FNO3/c1-16(2,3)21-15(20)18-9-7-11(8-10-18)14-12(17)5-4-6-13(14)19/h4-6,11,19H,7-10H2,1-3H3. The van der Waals surface area contributed by atoms with Gasteiger partial charge < -0.3 is 14.7 Å². The molecule has 0 spiro atoms. The number of rotatable bonds is 1. The fourth-order valence-corrected chi connectivity index (χ4v) is 2.61. The number of ether oxygens (including phenoxy) is 1. The number of likely N-dealkylation sites (tertiary alicyclic amines) is 1. The Bertz CT molecular complexity index is 496. The van der Waals surface area contributed by atoms with E-state index in [0.29, 0.717) is 31.5 Å². The quantitative estimate of drug-likeness (QED) is 0.860. The second kappa shape index (κ2) is 5.92. The van der Waals surface area contributed by atoms with Gasteiger partial charge in [0, 0.05) is 18.7 Å². The van der Waals surface area contributed by atoms with Crippen LogP contribution in [0.15, 0.2) is 18.2 Å². The maximum Gasteiger partial charge on any atom is 0.410 e. The number of halogens is 1. The Morgan fingerprint density at radius 3 is 2.48 bits per heavy atom. The highest BCUT2D eigenvalue weighted by atomic mass is 19.1. The van der Waals surface area contributed by atoms with Crippen LogP contribution in [0.1, 0.15) is 45.1 Å². The lowest BCUT2D eigenvalue weighted by Crippen LogP contribution is -2.41. The van der Waals surface area contributed by atoms with Gasteiger partial charge in [-0.1, -0.05) is 6.07 Å². The predicted molar refractivity (Wildman–Crippen MR) is 77.8 cm³/mol. The van der Waals surface area contributed by atoms with Crippen molar-refractivity contribution in [1.29, 1.82) is 0 Å². The van der Waals surface area contributed by atoms with Crippen LogP contribution in [0.5, 0.6) is 5.75 Å². The Kier molecular flexibility index (Phi) is 4.40. The summed E-state index contributed by atoms with van der Waals surface area (Å²) in [7, 11) is 0. The number of hydrogen-bond donors (Lipinski definition) is 1. The molecule has 0 bridgehead atoms. The molecule has 1 fully saturated rings. The third kappa shape index (κ3) is 3.86. The first kappa shape index (κ1) is 15.6. The number of nitrogens with zero attached hydrogens (tertiary/aromatic N) is 1. The molecule has 1 aromatic carbocycles. The van der Waals surface area contributed by atoms with Crippen molar-refractivity contribution in [1.82, 2.24) is 4.90 Å². The predicted octanol–water partition coefficient (Wildman–Crippen LogP) is 3.65. The van der Waals surface area contributed by atoms with Crippen molar-refractivity contribution < 1.29 is 19.0 Å². The molecule has 1 aromatic rings. The van der Waals surface area contributed by atoms with Crippen LogP contribution >= 0.6 is 0 Å². The summed E-state index contributed by atoms with van der Waals surface area (Å²) >= 11 is 0. The number of carbonyl (C=O) groups is 1. The zero-order valence-electron chi connectivity index (χ0n) is 12.7. The second-order valence-corrected chi connectivity index (χ2v) is 6.41. The molecule has 0 radical (unpaired) electrons. The first-order chi connectivity index (χ1) is 9.78. The Hall–Kier alpha value is -1.78. The largest absolute Gasteiger partial charge is 0.508 e. The summed E-state index contributed by atoms with van der Waals surface area (Å²) in [4.78, 5) is 13.6. The lowest BCUT2D eigenvalue weighted by molar-refractivity contribution is 0.0204. The summed E-state index contributed by atoms with van der Waals surface area (Å²) in [6, 6.07) is 4.35. The molecule has 1 aliphatic rings. The van der Waals surface area contributed by atoms with Crippen LogP contribution in [-0.4, -0.2) is 34.8 Å². The number of carbonyl (C=O) groups excluding carboxylic acids is 1. The first-order valence-corrected chi connectivity index (χ1v) is 7.23. The van der Waals surface area contributed by atoms with Gasteiger partial charge in [-0.05, 0) is 51.7 Å². The number of aromatic hydroxyl groups is 1. The first-order valence-electron chi connectivity index (χ1n) is 7.23. The molecule has 116 valence electrons. The minimum atomic E-state index is -0.516. The SMILES string of the molecule is CC(C)(C)OC(=O)N1CCC(c2c(O)cccc2F)CC1. The Labute approximate surface area is 124 Å². The van der Waals surface area contributed by atoms with E-state index >= 15 is 0 Å². The molecule has 0 aliphatic carbocycles. The van der Waals surface area contributed by atoms with Gasteiger partial charge in [0.1, 0.15) is 17.2 Å². The van der Waals surface area contributed by atoms with Gasteiger partial charge in [0.2, 0.25) is 0 Å².